The second-order valence-corrected chi connectivity index (χ2v) is 13.1. The average Bonchev–Trinajstić information content (AvgIpc) is 3.41. The highest BCUT2D eigenvalue weighted by molar-refractivity contribution is 6.31. The first kappa shape index (κ1) is 34.5. The molecule has 2 N–H and O–H groups in total. The lowest BCUT2D eigenvalue weighted by molar-refractivity contribution is 0.0624. The van der Waals surface area contributed by atoms with Gasteiger partial charge in [0.2, 0.25) is 0 Å². The highest BCUT2D eigenvalue weighted by Crippen LogP contribution is 2.33. The summed E-state index contributed by atoms with van der Waals surface area (Å²) in [6.07, 6.45) is 2.31. The second kappa shape index (κ2) is 13.7. The average molecular weight is 644 g/mol. The van der Waals surface area contributed by atoms with Crippen molar-refractivity contribution in [2.75, 3.05) is 10.6 Å². The fraction of sp³-hybridized carbons (Fsp3) is 0.375. The summed E-state index contributed by atoms with van der Waals surface area (Å²) in [5.74, 6) is 0. The minimum atomic E-state index is -0.557. The quantitative estimate of drug-likeness (QED) is 0.230. The molecule has 2 aromatic carbocycles. The monoisotopic (exact) mass is 642 g/mol. The number of hydrogen-bond acceptors (Lipinski definition) is 6. The van der Waals surface area contributed by atoms with Gasteiger partial charge in [0.15, 0.2) is 0 Å². The van der Waals surface area contributed by atoms with Gasteiger partial charge in [-0.25, -0.2) is 9.59 Å². The molecule has 0 aliphatic carbocycles. The molecule has 2 heterocycles. The van der Waals surface area contributed by atoms with Crippen LogP contribution >= 0.6 is 23.2 Å². The van der Waals surface area contributed by atoms with Crippen LogP contribution in [0.5, 0.6) is 0 Å². The number of benzene rings is 2. The number of anilines is 2. The number of carbonyl (C=O) groups is 2. The van der Waals surface area contributed by atoms with E-state index in [4.69, 9.17) is 32.7 Å². The summed E-state index contributed by atoms with van der Waals surface area (Å²) in [6, 6.07) is 11.2. The van der Waals surface area contributed by atoms with Crippen LogP contribution in [0.25, 0.3) is 22.5 Å². The van der Waals surface area contributed by atoms with Crippen molar-refractivity contribution in [2.24, 2.45) is 14.1 Å². The van der Waals surface area contributed by atoms with Crippen molar-refractivity contribution in [3.63, 3.8) is 0 Å². The number of aryl methyl sites for hydroxylation is 4. The molecule has 0 radical (unpaired) electrons. The largest absolute Gasteiger partial charge is 0.444 e. The molecule has 2 aromatic heterocycles. The van der Waals surface area contributed by atoms with Crippen LogP contribution in [0.2, 0.25) is 10.0 Å². The molecule has 0 unspecified atom stereocenters. The second-order valence-electron chi connectivity index (χ2n) is 12.3. The first-order valence-electron chi connectivity index (χ1n) is 13.9. The van der Waals surface area contributed by atoms with Crippen molar-refractivity contribution in [1.82, 2.24) is 19.6 Å². The lowest BCUT2D eigenvalue weighted by atomic mass is 10.0. The van der Waals surface area contributed by atoms with Gasteiger partial charge in [-0.15, -0.1) is 0 Å². The van der Waals surface area contributed by atoms with Gasteiger partial charge in [-0.1, -0.05) is 35.3 Å². The Hall–Kier alpha value is -4.02. The Morgan fingerprint density at radius 2 is 1.25 bits per heavy atom. The van der Waals surface area contributed by atoms with Gasteiger partial charge in [0.1, 0.15) is 16.9 Å². The standard InChI is InChI=1S/2C16H20ClN3O2/c1-10-6-7-11(17)8-12(10)14-13(9-20(5)19-14)18-15(21)22-16(2,3)4;1-10-6-7-11(17)8-12(10)14-13(9-18-20(14)5)19-15(21)22-16(2,3)4/h6-9H,1-5H3,(H,18,21);6-9H,1-5H3,(H,19,21). The molecule has 2 amide bonds. The van der Waals surface area contributed by atoms with Crippen molar-refractivity contribution in [1.29, 1.82) is 0 Å². The zero-order valence-corrected chi connectivity index (χ0v) is 28.3. The van der Waals surface area contributed by atoms with Gasteiger partial charge in [-0.3, -0.25) is 20.0 Å². The predicted octanol–water partition coefficient (Wildman–Crippen LogP) is 8.79. The summed E-state index contributed by atoms with van der Waals surface area (Å²) in [4.78, 5) is 24.0. The van der Waals surface area contributed by atoms with E-state index in [9.17, 15) is 9.59 Å². The topological polar surface area (TPSA) is 112 Å². The van der Waals surface area contributed by atoms with Crippen LogP contribution in [-0.4, -0.2) is 42.9 Å². The molecule has 0 atom stereocenters. The van der Waals surface area contributed by atoms with Crippen molar-refractivity contribution in [3.8, 4) is 22.5 Å². The van der Waals surface area contributed by atoms with Crippen molar-refractivity contribution in [2.45, 2.75) is 66.6 Å². The molecule has 12 heteroatoms. The summed E-state index contributed by atoms with van der Waals surface area (Å²) in [5.41, 5.74) is 5.35. The van der Waals surface area contributed by atoms with Crippen LogP contribution < -0.4 is 10.6 Å². The van der Waals surface area contributed by atoms with E-state index in [1.165, 1.54) is 0 Å². The van der Waals surface area contributed by atoms with Gasteiger partial charge in [0.05, 0.1) is 23.3 Å². The Morgan fingerprint density at radius 3 is 1.77 bits per heavy atom. The fourth-order valence-electron chi connectivity index (χ4n) is 4.15. The lowest BCUT2D eigenvalue weighted by Gasteiger charge is -2.20. The maximum absolute atomic E-state index is 12.0. The number of amides is 2. The molecule has 4 aromatic rings. The van der Waals surface area contributed by atoms with Crippen LogP contribution in [0.1, 0.15) is 52.7 Å². The van der Waals surface area contributed by atoms with Gasteiger partial charge in [-0.2, -0.15) is 10.2 Å². The van der Waals surface area contributed by atoms with E-state index in [1.807, 2.05) is 98.8 Å². The van der Waals surface area contributed by atoms with E-state index in [1.54, 1.807) is 28.8 Å². The summed E-state index contributed by atoms with van der Waals surface area (Å²) >= 11 is 12.2. The van der Waals surface area contributed by atoms with Gasteiger partial charge in [-0.05, 0) is 90.8 Å². The van der Waals surface area contributed by atoms with Crippen molar-refractivity contribution >= 4 is 46.8 Å². The van der Waals surface area contributed by atoms with E-state index in [0.29, 0.717) is 27.1 Å². The molecule has 0 saturated carbocycles. The third-order valence-corrected chi connectivity index (χ3v) is 6.42. The van der Waals surface area contributed by atoms with Crippen LogP contribution in [0, 0.1) is 13.8 Å². The third kappa shape index (κ3) is 9.75. The van der Waals surface area contributed by atoms with Crippen molar-refractivity contribution < 1.29 is 19.1 Å². The number of aromatic nitrogens is 4. The summed E-state index contributed by atoms with van der Waals surface area (Å²) in [5, 5.41) is 15.4. The number of ether oxygens (including phenoxy) is 2. The Labute approximate surface area is 268 Å². The van der Waals surface area contributed by atoms with Gasteiger partial charge >= 0.3 is 12.2 Å². The number of nitrogens with zero attached hydrogens (tertiary/aromatic N) is 4. The molecular weight excluding hydrogens is 603 g/mol. The molecule has 10 nitrogen and oxygen atoms in total. The predicted molar refractivity (Wildman–Crippen MR) is 176 cm³/mol. The van der Waals surface area contributed by atoms with Gasteiger partial charge < -0.3 is 9.47 Å². The summed E-state index contributed by atoms with van der Waals surface area (Å²) in [7, 11) is 3.61. The third-order valence-electron chi connectivity index (χ3n) is 5.95. The van der Waals surface area contributed by atoms with E-state index in [2.05, 4.69) is 20.8 Å². The first-order valence-corrected chi connectivity index (χ1v) is 14.7. The molecule has 0 aliphatic rings. The molecule has 0 spiro atoms. The normalized spacial score (nSPS) is 11.4. The number of halogens is 2. The smallest absolute Gasteiger partial charge is 0.412 e. The maximum atomic E-state index is 12.0. The minimum Gasteiger partial charge on any atom is -0.444 e. The Balaban J connectivity index is 0.000000240. The van der Waals surface area contributed by atoms with Gasteiger partial charge in [0, 0.05) is 41.5 Å². The van der Waals surface area contributed by atoms with E-state index < -0.39 is 23.4 Å². The van der Waals surface area contributed by atoms with E-state index in [0.717, 1.165) is 27.9 Å². The van der Waals surface area contributed by atoms with Crippen molar-refractivity contribution in [3.05, 3.63) is 70.0 Å². The fourth-order valence-corrected chi connectivity index (χ4v) is 4.50. The van der Waals surface area contributed by atoms with Crippen LogP contribution in [0.15, 0.2) is 48.8 Å². The Bertz CT molecular complexity index is 1620. The number of hydrogen-bond donors (Lipinski definition) is 2. The number of rotatable bonds is 4. The lowest BCUT2D eigenvalue weighted by Crippen LogP contribution is -2.27. The van der Waals surface area contributed by atoms with E-state index >= 15 is 0 Å². The highest BCUT2D eigenvalue weighted by atomic mass is 35.5. The molecule has 0 aliphatic heterocycles. The molecular formula is C32H40Cl2N6O4. The van der Waals surface area contributed by atoms with E-state index in [-0.39, 0.29) is 0 Å². The zero-order valence-electron chi connectivity index (χ0n) is 26.8. The zero-order chi connectivity index (χ0) is 33.0. The molecule has 0 bridgehead atoms. The maximum Gasteiger partial charge on any atom is 0.412 e. The Morgan fingerprint density at radius 1 is 0.773 bits per heavy atom. The Kier molecular flexibility index (Phi) is 10.8. The number of nitrogens with one attached hydrogen (secondary N) is 2. The first-order chi connectivity index (χ1) is 20.3. The minimum absolute atomic E-state index is 0.513. The molecule has 0 saturated heterocycles. The van der Waals surface area contributed by atoms with Crippen LogP contribution in [0.4, 0.5) is 21.0 Å². The molecule has 0 fully saturated rings. The highest BCUT2D eigenvalue weighted by Gasteiger charge is 2.21. The molecule has 4 rings (SSSR count). The van der Waals surface area contributed by atoms with Crippen LogP contribution in [-0.2, 0) is 23.6 Å². The SMILES string of the molecule is Cc1ccc(Cl)cc1-c1c(NC(=O)OC(C)(C)C)cnn1C.Cc1ccc(Cl)cc1-c1nn(C)cc1NC(=O)OC(C)(C)C. The summed E-state index contributed by atoms with van der Waals surface area (Å²) < 4.78 is 13.9. The molecule has 236 valence electrons. The summed E-state index contributed by atoms with van der Waals surface area (Å²) in [6.45, 7) is 14.9. The number of carbonyl (C=O) groups excluding carboxylic acids is 2. The van der Waals surface area contributed by atoms with Gasteiger partial charge in [0.25, 0.3) is 0 Å². The van der Waals surface area contributed by atoms with Crippen LogP contribution in [0.3, 0.4) is 0 Å². The molecule has 44 heavy (non-hydrogen) atoms.